The van der Waals surface area contributed by atoms with Gasteiger partial charge in [0.05, 0.1) is 17.6 Å². The van der Waals surface area contributed by atoms with Gasteiger partial charge in [0.1, 0.15) is 23.5 Å². The zero-order valence-corrected chi connectivity index (χ0v) is 15.5. The molecule has 1 fully saturated rings. The Morgan fingerprint density at radius 1 is 1.15 bits per heavy atom. The summed E-state index contributed by atoms with van der Waals surface area (Å²) in [7, 11) is 1.56. The van der Waals surface area contributed by atoms with Crippen LogP contribution in [-0.4, -0.2) is 40.8 Å². The minimum atomic E-state index is -0.478. The van der Waals surface area contributed by atoms with Gasteiger partial charge in [-0.3, -0.25) is 0 Å². The maximum absolute atomic E-state index is 12.7. The molecular formula is C20H24N4O3. The van der Waals surface area contributed by atoms with E-state index in [1.807, 2.05) is 28.8 Å². The molecule has 0 bridgehead atoms. The molecule has 0 spiro atoms. The predicted molar refractivity (Wildman–Crippen MR) is 104 cm³/mol. The van der Waals surface area contributed by atoms with Crippen LogP contribution < -0.4 is 5.73 Å². The van der Waals surface area contributed by atoms with Crippen LogP contribution in [0.25, 0.3) is 22.2 Å². The molecule has 2 heterocycles. The average Bonchev–Trinajstić information content (AvgIpc) is 2.97. The Labute approximate surface area is 157 Å². The first-order chi connectivity index (χ1) is 13.2. The minimum Gasteiger partial charge on any atom is -0.459 e. The fourth-order valence-electron chi connectivity index (χ4n) is 3.88. The Balaban J connectivity index is 1.88. The molecule has 4 rings (SSSR count). The topological polar surface area (TPSA) is 92.3 Å². The first kappa shape index (κ1) is 17.7. The molecule has 1 aliphatic rings. The first-order valence-corrected chi connectivity index (χ1v) is 9.43. The van der Waals surface area contributed by atoms with E-state index in [0.29, 0.717) is 29.2 Å². The number of methoxy groups -OCH3 is 1. The molecule has 2 aromatic heterocycles. The molecule has 3 aromatic rings. The number of ether oxygens (including phenoxy) is 2. The van der Waals surface area contributed by atoms with Crippen molar-refractivity contribution in [2.75, 3.05) is 26.1 Å². The molecule has 1 aromatic carbocycles. The van der Waals surface area contributed by atoms with Crippen molar-refractivity contribution in [3.8, 4) is 0 Å². The lowest BCUT2D eigenvalue weighted by atomic mass is 9.95. The van der Waals surface area contributed by atoms with E-state index in [2.05, 4.69) is 0 Å². The minimum absolute atomic E-state index is 0.173. The van der Waals surface area contributed by atoms with E-state index < -0.39 is 5.97 Å². The van der Waals surface area contributed by atoms with Crippen LogP contribution in [0.2, 0.25) is 0 Å². The fraction of sp³-hybridized carbons (Fsp3) is 0.450. The zero-order chi connectivity index (χ0) is 18.8. The van der Waals surface area contributed by atoms with E-state index in [9.17, 15) is 4.79 Å². The second kappa shape index (κ2) is 7.52. The summed E-state index contributed by atoms with van der Waals surface area (Å²) in [5.74, 6) is -0.0803. The van der Waals surface area contributed by atoms with Crippen molar-refractivity contribution >= 4 is 34.0 Å². The van der Waals surface area contributed by atoms with Gasteiger partial charge in [-0.1, -0.05) is 31.4 Å². The van der Waals surface area contributed by atoms with E-state index in [1.54, 1.807) is 7.11 Å². The number of hydrogen-bond acceptors (Lipinski definition) is 6. The SMILES string of the molecule is COCCOC(=O)c1c(N)n(C2CCCCC2)c2nc3ccccc3nc12. The summed E-state index contributed by atoms with van der Waals surface area (Å²) in [4.78, 5) is 22.3. The van der Waals surface area contributed by atoms with Crippen LogP contribution in [0.15, 0.2) is 24.3 Å². The number of nitrogen functional groups attached to an aromatic ring is 1. The average molecular weight is 368 g/mol. The van der Waals surface area contributed by atoms with Crippen molar-refractivity contribution in [3.05, 3.63) is 29.8 Å². The number of carbonyl (C=O) groups excluding carboxylic acids is 1. The predicted octanol–water partition coefficient (Wildman–Crippen LogP) is 3.48. The van der Waals surface area contributed by atoms with Crippen molar-refractivity contribution < 1.29 is 14.3 Å². The van der Waals surface area contributed by atoms with Crippen LogP contribution in [0.5, 0.6) is 0 Å². The van der Waals surface area contributed by atoms with E-state index in [4.69, 9.17) is 25.2 Å². The highest BCUT2D eigenvalue weighted by Crippen LogP contribution is 2.37. The third kappa shape index (κ3) is 3.23. The lowest BCUT2D eigenvalue weighted by Gasteiger charge is -2.24. The van der Waals surface area contributed by atoms with Crippen molar-refractivity contribution in [1.82, 2.24) is 14.5 Å². The Morgan fingerprint density at radius 3 is 2.56 bits per heavy atom. The molecule has 7 nitrogen and oxygen atoms in total. The van der Waals surface area contributed by atoms with Crippen molar-refractivity contribution in [2.45, 2.75) is 38.1 Å². The Morgan fingerprint density at radius 2 is 1.85 bits per heavy atom. The lowest BCUT2D eigenvalue weighted by molar-refractivity contribution is 0.0391. The summed E-state index contributed by atoms with van der Waals surface area (Å²) in [5, 5.41) is 0. The lowest BCUT2D eigenvalue weighted by Crippen LogP contribution is -2.17. The first-order valence-electron chi connectivity index (χ1n) is 9.43. The van der Waals surface area contributed by atoms with Gasteiger partial charge in [-0.2, -0.15) is 0 Å². The van der Waals surface area contributed by atoms with Gasteiger partial charge in [0, 0.05) is 13.2 Å². The maximum Gasteiger partial charge on any atom is 0.344 e. The smallest absolute Gasteiger partial charge is 0.344 e. The maximum atomic E-state index is 12.7. The molecule has 0 unspecified atom stereocenters. The molecule has 142 valence electrons. The fourth-order valence-corrected chi connectivity index (χ4v) is 3.88. The highest BCUT2D eigenvalue weighted by Gasteiger charge is 2.29. The molecule has 0 amide bonds. The van der Waals surface area contributed by atoms with Crippen molar-refractivity contribution in [1.29, 1.82) is 0 Å². The Hall–Kier alpha value is -2.67. The van der Waals surface area contributed by atoms with Crippen LogP contribution in [0.1, 0.15) is 48.5 Å². The van der Waals surface area contributed by atoms with Gasteiger partial charge < -0.3 is 19.8 Å². The van der Waals surface area contributed by atoms with E-state index in [-0.39, 0.29) is 12.6 Å². The Bertz CT molecular complexity index is 976. The molecule has 1 aliphatic carbocycles. The van der Waals surface area contributed by atoms with Gasteiger partial charge in [0.15, 0.2) is 5.65 Å². The van der Waals surface area contributed by atoms with E-state index in [0.717, 1.165) is 36.7 Å². The number of carbonyl (C=O) groups is 1. The highest BCUT2D eigenvalue weighted by atomic mass is 16.6. The summed E-state index contributed by atoms with van der Waals surface area (Å²) >= 11 is 0. The number of rotatable bonds is 5. The molecule has 0 radical (unpaired) electrons. The quantitative estimate of drug-likeness (QED) is 0.547. The van der Waals surface area contributed by atoms with Gasteiger partial charge in [-0.05, 0) is 25.0 Å². The molecule has 2 N–H and O–H groups in total. The van der Waals surface area contributed by atoms with Crippen LogP contribution >= 0.6 is 0 Å². The Kier molecular flexibility index (Phi) is 4.94. The molecule has 27 heavy (non-hydrogen) atoms. The number of fused-ring (bicyclic) bond motifs is 2. The second-order valence-electron chi connectivity index (χ2n) is 6.94. The number of nitrogens with two attached hydrogens (primary N) is 1. The summed E-state index contributed by atoms with van der Waals surface area (Å²) in [6, 6.07) is 7.88. The van der Waals surface area contributed by atoms with Crippen LogP contribution in [0.4, 0.5) is 5.82 Å². The third-order valence-electron chi connectivity index (χ3n) is 5.20. The third-order valence-corrected chi connectivity index (χ3v) is 5.20. The molecule has 0 atom stereocenters. The van der Waals surface area contributed by atoms with E-state index >= 15 is 0 Å². The number of aromatic nitrogens is 3. The molecular weight excluding hydrogens is 344 g/mol. The largest absolute Gasteiger partial charge is 0.459 e. The molecule has 1 saturated carbocycles. The monoisotopic (exact) mass is 368 g/mol. The zero-order valence-electron chi connectivity index (χ0n) is 15.5. The van der Waals surface area contributed by atoms with Crippen molar-refractivity contribution in [2.24, 2.45) is 0 Å². The number of anilines is 1. The highest BCUT2D eigenvalue weighted by molar-refractivity contribution is 6.08. The second-order valence-corrected chi connectivity index (χ2v) is 6.94. The molecule has 0 saturated heterocycles. The van der Waals surface area contributed by atoms with Gasteiger partial charge in [-0.15, -0.1) is 0 Å². The van der Waals surface area contributed by atoms with Crippen LogP contribution in [0, 0.1) is 0 Å². The van der Waals surface area contributed by atoms with Crippen molar-refractivity contribution in [3.63, 3.8) is 0 Å². The summed E-state index contributed by atoms with van der Waals surface area (Å²) in [6.45, 7) is 0.507. The summed E-state index contributed by atoms with van der Waals surface area (Å²) < 4.78 is 12.3. The van der Waals surface area contributed by atoms with Gasteiger partial charge >= 0.3 is 5.97 Å². The number of esters is 1. The molecule has 0 aliphatic heterocycles. The van der Waals surface area contributed by atoms with Gasteiger partial charge in [0.2, 0.25) is 0 Å². The van der Waals surface area contributed by atoms with Gasteiger partial charge in [-0.25, -0.2) is 14.8 Å². The molecule has 7 heteroatoms. The number of para-hydroxylation sites is 2. The number of hydrogen-bond donors (Lipinski definition) is 1. The van der Waals surface area contributed by atoms with E-state index in [1.165, 1.54) is 6.42 Å². The summed E-state index contributed by atoms with van der Waals surface area (Å²) in [5.41, 5.74) is 9.48. The number of benzene rings is 1. The number of nitrogens with zero attached hydrogens (tertiary/aromatic N) is 3. The van der Waals surface area contributed by atoms with Gasteiger partial charge in [0.25, 0.3) is 0 Å². The van der Waals surface area contributed by atoms with Crippen LogP contribution in [-0.2, 0) is 9.47 Å². The standard InChI is InChI=1S/C20H24N4O3/c1-26-11-12-27-20(25)16-17-19(23-15-10-6-5-9-14(15)22-17)24(18(16)21)13-7-3-2-4-8-13/h5-6,9-10,13H,2-4,7-8,11-12,21H2,1H3. The summed E-state index contributed by atoms with van der Waals surface area (Å²) in [6.07, 6.45) is 5.59. The van der Waals surface area contributed by atoms with Crippen LogP contribution in [0.3, 0.4) is 0 Å². The normalized spacial score (nSPS) is 15.4.